The summed E-state index contributed by atoms with van der Waals surface area (Å²) < 4.78 is 22.7. The first-order valence-electron chi connectivity index (χ1n) is 19.1. The molecular weight excluding hydrogens is 680 g/mol. The minimum absolute atomic E-state index is 0.0224. The van der Waals surface area contributed by atoms with Crippen molar-refractivity contribution in [2.75, 3.05) is 21.3 Å². The molecule has 3 atom stereocenters. The van der Waals surface area contributed by atoms with E-state index in [9.17, 15) is 14.4 Å². The number of allylic oxidation sites excluding steroid dienone is 10. The van der Waals surface area contributed by atoms with Gasteiger partial charge in [-0.05, 0) is 117 Å². The number of hydrogen-bond acceptors (Lipinski definition) is 8. The Balaban J connectivity index is 2.98. The third kappa shape index (κ3) is 11.9. The number of carbonyl (C=O) groups excluding carboxylic acids is 4. The Hall–Kier alpha value is -4.20. The zero-order valence-corrected chi connectivity index (χ0v) is 35.5. The van der Waals surface area contributed by atoms with Crippen LogP contribution in [0.3, 0.4) is 0 Å². The molecule has 8 heteroatoms. The van der Waals surface area contributed by atoms with Crippen LogP contribution in [0.2, 0.25) is 0 Å². The Morgan fingerprint density at radius 3 is 1.93 bits per heavy atom. The van der Waals surface area contributed by atoms with Crippen LogP contribution in [0.15, 0.2) is 70.1 Å². The van der Waals surface area contributed by atoms with Crippen molar-refractivity contribution in [2.45, 2.75) is 128 Å². The minimum atomic E-state index is -1.42. The second-order valence-corrected chi connectivity index (χ2v) is 16.3. The first kappa shape index (κ1) is 46.0. The SMILES string of the molecule is COc1ccc(C(=O)O/C(CC(=O)C(C)C)=C(\CC=C(C)C)C(=O)[C@@]2(CC=C(C)C)C[C@H](CC=C(C)C)[C@@](C)(CCC=C(C)C)CC2=O)c(OC)c1OC. The lowest BCUT2D eigenvalue weighted by Crippen LogP contribution is -2.51. The van der Waals surface area contributed by atoms with Gasteiger partial charge in [0.2, 0.25) is 5.75 Å². The summed E-state index contributed by atoms with van der Waals surface area (Å²) in [6, 6.07) is 3.05. The van der Waals surface area contributed by atoms with Crippen molar-refractivity contribution >= 4 is 23.3 Å². The van der Waals surface area contributed by atoms with Crippen molar-refractivity contribution in [3.8, 4) is 17.2 Å². The molecule has 0 N–H and O–H groups in total. The number of hydrogen-bond donors (Lipinski definition) is 0. The van der Waals surface area contributed by atoms with E-state index in [-0.39, 0.29) is 77.0 Å². The molecule has 0 unspecified atom stereocenters. The summed E-state index contributed by atoms with van der Waals surface area (Å²) in [5.41, 5.74) is 2.76. The average Bonchev–Trinajstić information content (AvgIpc) is 3.09. The molecule has 54 heavy (non-hydrogen) atoms. The molecule has 2 rings (SSSR count). The summed E-state index contributed by atoms with van der Waals surface area (Å²) in [6.07, 6.45) is 11.2. The Morgan fingerprint density at radius 1 is 0.815 bits per heavy atom. The molecule has 0 aromatic heterocycles. The van der Waals surface area contributed by atoms with Crippen LogP contribution in [0.25, 0.3) is 0 Å². The van der Waals surface area contributed by atoms with E-state index < -0.39 is 23.1 Å². The maximum Gasteiger partial charge on any atom is 0.347 e. The number of ether oxygens (including phenoxy) is 4. The van der Waals surface area contributed by atoms with Crippen LogP contribution in [0.4, 0.5) is 0 Å². The number of rotatable bonds is 19. The van der Waals surface area contributed by atoms with Gasteiger partial charge in [0.1, 0.15) is 22.9 Å². The highest BCUT2D eigenvalue weighted by Crippen LogP contribution is 2.54. The van der Waals surface area contributed by atoms with Crippen LogP contribution in [0, 0.1) is 22.7 Å². The van der Waals surface area contributed by atoms with E-state index in [1.54, 1.807) is 19.9 Å². The molecular formula is C46H66O8. The van der Waals surface area contributed by atoms with Crippen LogP contribution in [0.1, 0.15) is 138 Å². The van der Waals surface area contributed by atoms with Gasteiger partial charge < -0.3 is 18.9 Å². The fourth-order valence-corrected chi connectivity index (χ4v) is 7.00. The van der Waals surface area contributed by atoms with Gasteiger partial charge in [0.15, 0.2) is 17.3 Å². The van der Waals surface area contributed by atoms with E-state index >= 15 is 4.79 Å². The van der Waals surface area contributed by atoms with Gasteiger partial charge in [0.05, 0.1) is 33.2 Å². The van der Waals surface area contributed by atoms with Crippen LogP contribution in [0.5, 0.6) is 17.2 Å². The van der Waals surface area contributed by atoms with Gasteiger partial charge in [-0.1, -0.05) is 67.4 Å². The maximum absolute atomic E-state index is 15.5. The molecule has 298 valence electrons. The summed E-state index contributed by atoms with van der Waals surface area (Å²) in [5, 5.41) is 0. The van der Waals surface area contributed by atoms with Crippen molar-refractivity contribution in [3.63, 3.8) is 0 Å². The number of benzene rings is 1. The molecule has 1 aromatic rings. The average molecular weight is 747 g/mol. The lowest BCUT2D eigenvalue weighted by molar-refractivity contribution is -0.148. The monoisotopic (exact) mass is 746 g/mol. The third-order valence-electron chi connectivity index (χ3n) is 10.5. The fraction of sp³-hybridized carbons (Fsp3) is 0.565. The van der Waals surface area contributed by atoms with Crippen molar-refractivity contribution < 1.29 is 38.1 Å². The zero-order chi connectivity index (χ0) is 41.0. The predicted molar refractivity (Wildman–Crippen MR) is 217 cm³/mol. The fourth-order valence-electron chi connectivity index (χ4n) is 7.00. The van der Waals surface area contributed by atoms with E-state index in [1.807, 2.05) is 39.8 Å². The topological polar surface area (TPSA) is 105 Å². The summed E-state index contributed by atoms with van der Waals surface area (Å²) in [6.45, 7) is 21.8. The predicted octanol–water partition coefficient (Wildman–Crippen LogP) is 11.1. The highest BCUT2D eigenvalue weighted by molar-refractivity contribution is 6.15. The molecule has 0 saturated heterocycles. The molecule has 0 amide bonds. The zero-order valence-electron chi connectivity index (χ0n) is 35.5. The minimum Gasteiger partial charge on any atom is -0.493 e. The van der Waals surface area contributed by atoms with Crippen molar-refractivity contribution in [1.82, 2.24) is 0 Å². The number of Topliss-reactive ketones (excluding diaryl/α,β-unsaturated/α-hetero) is 3. The van der Waals surface area contributed by atoms with E-state index in [0.29, 0.717) is 12.2 Å². The third-order valence-corrected chi connectivity index (χ3v) is 10.5. The van der Waals surface area contributed by atoms with E-state index in [0.717, 1.165) is 30.4 Å². The van der Waals surface area contributed by atoms with Crippen LogP contribution in [-0.2, 0) is 19.1 Å². The van der Waals surface area contributed by atoms with Crippen molar-refractivity contribution in [2.24, 2.45) is 22.7 Å². The molecule has 1 aliphatic carbocycles. The smallest absolute Gasteiger partial charge is 0.347 e. The molecule has 8 nitrogen and oxygen atoms in total. The van der Waals surface area contributed by atoms with E-state index in [4.69, 9.17) is 18.9 Å². The molecule has 1 aliphatic rings. The lowest BCUT2D eigenvalue weighted by Gasteiger charge is -2.49. The molecule has 0 heterocycles. The maximum atomic E-state index is 15.5. The van der Waals surface area contributed by atoms with E-state index in [1.165, 1.54) is 38.5 Å². The normalized spacial score (nSPS) is 19.9. The van der Waals surface area contributed by atoms with Crippen LogP contribution >= 0.6 is 0 Å². The first-order chi connectivity index (χ1) is 25.3. The van der Waals surface area contributed by atoms with Crippen LogP contribution in [-0.4, -0.2) is 44.6 Å². The van der Waals surface area contributed by atoms with Gasteiger partial charge in [-0.25, -0.2) is 4.79 Å². The van der Waals surface area contributed by atoms with E-state index in [2.05, 4.69) is 46.8 Å². The molecule has 0 bridgehead atoms. The Kier molecular flexibility index (Phi) is 17.4. The summed E-state index contributed by atoms with van der Waals surface area (Å²) in [5.74, 6) is -1.35. The molecule has 0 radical (unpaired) electrons. The van der Waals surface area contributed by atoms with Gasteiger partial charge in [-0.15, -0.1) is 0 Å². The quantitative estimate of drug-likeness (QED) is 0.0453. The molecule has 1 fully saturated rings. The van der Waals surface area contributed by atoms with Gasteiger partial charge in [-0.2, -0.15) is 0 Å². The molecule has 0 spiro atoms. The number of ketones is 3. The Bertz CT molecular complexity index is 1680. The summed E-state index contributed by atoms with van der Waals surface area (Å²) in [7, 11) is 4.31. The highest BCUT2D eigenvalue weighted by Gasteiger charge is 2.55. The Labute approximate surface area is 325 Å². The molecule has 0 aliphatic heterocycles. The molecule has 1 saturated carbocycles. The Morgan fingerprint density at radius 2 is 1.41 bits per heavy atom. The molecule has 1 aromatic carbocycles. The first-order valence-corrected chi connectivity index (χ1v) is 19.1. The lowest BCUT2D eigenvalue weighted by atomic mass is 9.53. The van der Waals surface area contributed by atoms with Crippen LogP contribution < -0.4 is 14.2 Å². The largest absolute Gasteiger partial charge is 0.493 e. The van der Waals surface area contributed by atoms with Gasteiger partial charge >= 0.3 is 5.97 Å². The summed E-state index contributed by atoms with van der Waals surface area (Å²) in [4.78, 5) is 58.1. The summed E-state index contributed by atoms with van der Waals surface area (Å²) >= 11 is 0. The second kappa shape index (κ2) is 20.5. The number of methoxy groups -OCH3 is 3. The number of carbonyl (C=O) groups is 4. The van der Waals surface area contributed by atoms with Gasteiger partial charge in [-0.3, -0.25) is 14.4 Å². The van der Waals surface area contributed by atoms with Gasteiger partial charge in [0, 0.05) is 17.9 Å². The van der Waals surface area contributed by atoms with Gasteiger partial charge in [0.25, 0.3) is 0 Å². The van der Waals surface area contributed by atoms with Crippen molar-refractivity contribution in [3.05, 3.63) is 75.6 Å². The number of esters is 1. The standard InChI is InChI=1S/C46H66O8/c1-29(2)16-15-24-45(11)28-40(48)46(25-23-32(7)8,27-34(45)19-17-30(3)4)43(49)35(20-18-31(5)6)39(26-37(47)33(9)10)54-44(50)36-21-22-38(51-12)42(53-14)41(36)52-13/h16-18,21-23,33-34H,15,19-20,24-28H2,1-14H3/b39-35+/t34-,45-,46-/m0/s1. The second-order valence-electron chi connectivity index (χ2n) is 16.3. The van der Waals surface area contributed by atoms with Crippen molar-refractivity contribution in [1.29, 1.82) is 0 Å². The highest BCUT2D eigenvalue weighted by atomic mass is 16.5.